The van der Waals surface area contributed by atoms with E-state index in [0.717, 1.165) is 0 Å². The van der Waals surface area contributed by atoms with Crippen molar-refractivity contribution in [2.24, 2.45) is 0 Å². The summed E-state index contributed by atoms with van der Waals surface area (Å²) in [7, 11) is 0. The van der Waals surface area contributed by atoms with Gasteiger partial charge in [-0.15, -0.1) is 0 Å². The van der Waals surface area contributed by atoms with Crippen LogP contribution in [0.1, 0.15) is 0 Å². The first-order valence-electron chi connectivity index (χ1n) is 6.20. The minimum Gasteiger partial charge on any atom is -0.408 e. The van der Waals surface area contributed by atoms with Gasteiger partial charge >= 0.3 is 5.76 Å². The number of carbonyl (C=O) groups excluding carboxylic acids is 1. The highest BCUT2D eigenvalue weighted by molar-refractivity contribution is 5.91. The van der Waals surface area contributed by atoms with Crippen LogP contribution in [0.4, 0.5) is 5.69 Å². The number of hydrogen-bond acceptors (Lipinski definition) is 4. The molecular formula is C14H11N3O4. The number of pyridine rings is 1. The van der Waals surface area contributed by atoms with Crippen molar-refractivity contribution in [2.75, 3.05) is 5.32 Å². The summed E-state index contributed by atoms with van der Waals surface area (Å²) < 4.78 is 6.24. The maximum absolute atomic E-state index is 12.0. The third-order valence-electron chi connectivity index (χ3n) is 2.97. The number of nitrogens with one attached hydrogen (secondary N) is 2. The smallest absolute Gasteiger partial charge is 0.408 e. The lowest BCUT2D eigenvalue weighted by molar-refractivity contribution is -0.116. The number of aromatic nitrogens is 2. The van der Waals surface area contributed by atoms with E-state index in [0.29, 0.717) is 11.1 Å². The van der Waals surface area contributed by atoms with E-state index < -0.39 is 11.7 Å². The van der Waals surface area contributed by atoms with Gasteiger partial charge in [0.15, 0.2) is 5.58 Å². The van der Waals surface area contributed by atoms with Crippen LogP contribution in [0.15, 0.2) is 56.7 Å². The van der Waals surface area contributed by atoms with E-state index in [1.165, 1.54) is 23.0 Å². The maximum atomic E-state index is 12.0. The first-order chi connectivity index (χ1) is 10.1. The van der Waals surface area contributed by atoms with Gasteiger partial charge in [-0.2, -0.15) is 0 Å². The Balaban J connectivity index is 1.87. The SMILES string of the molecule is O=C(Cn1c(=O)oc2ccccc21)Nc1c[nH]ccc1=O. The van der Waals surface area contributed by atoms with Crippen molar-refractivity contribution in [3.63, 3.8) is 0 Å². The number of nitrogens with zero attached hydrogens (tertiary/aromatic N) is 1. The molecule has 0 aliphatic heterocycles. The molecule has 0 atom stereocenters. The van der Waals surface area contributed by atoms with Gasteiger partial charge in [0.2, 0.25) is 11.3 Å². The maximum Gasteiger partial charge on any atom is 0.420 e. The molecule has 1 amide bonds. The van der Waals surface area contributed by atoms with Crippen LogP contribution >= 0.6 is 0 Å². The van der Waals surface area contributed by atoms with E-state index in [1.807, 2.05) is 0 Å². The Hall–Kier alpha value is -3.09. The monoisotopic (exact) mass is 285 g/mol. The summed E-state index contributed by atoms with van der Waals surface area (Å²) in [6, 6.07) is 8.11. The number of oxazole rings is 1. The number of fused-ring (bicyclic) bond motifs is 1. The molecule has 0 saturated carbocycles. The summed E-state index contributed by atoms with van der Waals surface area (Å²) in [5, 5.41) is 2.46. The van der Waals surface area contributed by atoms with Gasteiger partial charge in [-0.05, 0) is 12.1 Å². The van der Waals surface area contributed by atoms with Crippen LogP contribution < -0.4 is 16.5 Å². The van der Waals surface area contributed by atoms with Crippen molar-refractivity contribution >= 4 is 22.7 Å². The number of para-hydroxylation sites is 2. The number of benzene rings is 1. The van der Waals surface area contributed by atoms with E-state index in [9.17, 15) is 14.4 Å². The van der Waals surface area contributed by atoms with Crippen LogP contribution in [0.5, 0.6) is 0 Å². The molecule has 0 aliphatic carbocycles. The molecule has 1 aromatic carbocycles. The van der Waals surface area contributed by atoms with Gasteiger partial charge in [0.05, 0.1) is 5.52 Å². The van der Waals surface area contributed by atoms with Crippen molar-refractivity contribution in [1.82, 2.24) is 9.55 Å². The van der Waals surface area contributed by atoms with Crippen molar-refractivity contribution in [3.05, 3.63) is 63.5 Å². The van der Waals surface area contributed by atoms with E-state index in [1.54, 1.807) is 24.3 Å². The Labute approximate surface area is 117 Å². The molecule has 2 aromatic heterocycles. The number of amides is 1. The standard InChI is InChI=1S/C14H11N3O4/c18-11-5-6-15-7-9(11)16-13(19)8-17-10-3-1-2-4-12(10)21-14(17)20/h1-7H,8H2,(H,15,18)(H,16,19). The zero-order valence-corrected chi connectivity index (χ0v) is 10.8. The lowest BCUT2D eigenvalue weighted by atomic mass is 10.3. The van der Waals surface area contributed by atoms with Crippen molar-refractivity contribution in [3.8, 4) is 0 Å². The van der Waals surface area contributed by atoms with E-state index >= 15 is 0 Å². The lowest BCUT2D eigenvalue weighted by Crippen LogP contribution is -2.26. The number of rotatable bonds is 3. The highest BCUT2D eigenvalue weighted by atomic mass is 16.4. The van der Waals surface area contributed by atoms with Gasteiger partial charge in [0.1, 0.15) is 12.2 Å². The first-order valence-corrected chi connectivity index (χ1v) is 6.20. The molecule has 0 bridgehead atoms. The summed E-state index contributed by atoms with van der Waals surface area (Å²) in [6.45, 7) is -0.232. The van der Waals surface area contributed by atoms with E-state index in [2.05, 4.69) is 10.3 Å². The summed E-state index contributed by atoms with van der Waals surface area (Å²) in [4.78, 5) is 37.9. The fourth-order valence-electron chi connectivity index (χ4n) is 2.01. The zero-order valence-electron chi connectivity index (χ0n) is 10.8. The summed E-state index contributed by atoms with van der Waals surface area (Å²) >= 11 is 0. The van der Waals surface area contributed by atoms with E-state index in [4.69, 9.17) is 4.42 Å². The molecule has 0 spiro atoms. The Bertz CT molecular complexity index is 919. The average Bonchev–Trinajstić information content (AvgIpc) is 2.78. The molecule has 7 nitrogen and oxygen atoms in total. The number of hydrogen-bond donors (Lipinski definition) is 2. The quantitative estimate of drug-likeness (QED) is 0.747. The molecule has 2 N–H and O–H groups in total. The third kappa shape index (κ3) is 2.48. The average molecular weight is 285 g/mol. The van der Waals surface area contributed by atoms with Crippen molar-refractivity contribution in [1.29, 1.82) is 0 Å². The molecule has 2 heterocycles. The molecule has 0 aliphatic rings. The molecule has 0 saturated heterocycles. The summed E-state index contributed by atoms with van der Waals surface area (Å²) in [6.07, 6.45) is 2.85. The molecule has 0 radical (unpaired) electrons. The second-order valence-corrected chi connectivity index (χ2v) is 4.39. The normalized spacial score (nSPS) is 10.7. The Kier molecular flexibility index (Phi) is 3.15. The fourth-order valence-corrected chi connectivity index (χ4v) is 2.01. The largest absolute Gasteiger partial charge is 0.420 e. The second kappa shape index (κ2) is 5.12. The highest BCUT2D eigenvalue weighted by Gasteiger charge is 2.13. The van der Waals surface area contributed by atoms with Gasteiger partial charge in [-0.1, -0.05) is 12.1 Å². The van der Waals surface area contributed by atoms with Gasteiger partial charge in [-0.3, -0.25) is 14.2 Å². The van der Waals surface area contributed by atoms with Gasteiger partial charge in [0, 0.05) is 18.5 Å². The molecule has 7 heteroatoms. The van der Waals surface area contributed by atoms with Crippen LogP contribution in [0.2, 0.25) is 0 Å². The molecule has 3 aromatic rings. The molecule has 3 rings (SSSR count). The number of carbonyl (C=O) groups is 1. The number of H-pyrrole nitrogens is 1. The summed E-state index contributed by atoms with van der Waals surface area (Å²) in [5.41, 5.74) is 0.752. The van der Waals surface area contributed by atoms with Crippen LogP contribution in [-0.2, 0) is 11.3 Å². The number of aromatic amines is 1. The van der Waals surface area contributed by atoms with Gasteiger partial charge in [0.25, 0.3) is 0 Å². The van der Waals surface area contributed by atoms with Crippen molar-refractivity contribution < 1.29 is 9.21 Å². The molecule has 21 heavy (non-hydrogen) atoms. The van der Waals surface area contributed by atoms with Gasteiger partial charge in [-0.25, -0.2) is 4.79 Å². The van der Waals surface area contributed by atoms with E-state index in [-0.39, 0.29) is 17.7 Å². The predicted octanol–water partition coefficient (Wildman–Crippen LogP) is 0.921. The summed E-state index contributed by atoms with van der Waals surface area (Å²) in [5.74, 6) is -1.10. The van der Waals surface area contributed by atoms with Gasteiger partial charge < -0.3 is 14.7 Å². The molecule has 106 valence electrons. The van der Waals surface area contributed by atoms with Crippen LogP contribution in [-0.4, -0.2) is 15.5 Å². The zero-order chi connectivity index (χ0) is 14.8. The highest BCUT2D eigenvalue weighted by Crippen LogP contribution is 2.11. The van der Waals surface area contributed by atoms with Crippen LogP contribution in [0, 0.1) is 0 Å². The Morgan fingerprint density at radius 2 is 2.05 bits per heavy atom. The minimum atomic E-state index is -0.617. The minimum absolute atomic E-state index is 0.128. The predicted molar refractivity (Wildman–Crippen MR) is 76.2 cm³/mol. The molecular weight excluding hydrogens is 274 g/mol. The third-order valence-corrected chi connectivity index (χ3v) is 2.97. The topological polar surface area (TPSA) is 97.1 Å². The lowest BCUT2D eigenvalue weighted by Gasteiger charge is -2.04. The number of anilines is 1. The Morgan fingerprint density at radius 3 is 2.86 bits per heavy atom. The molecule has 0 unspecified atom stereocenters. The van der Waals surface area contributed by atoms with Crippen molar-refractivity contribution in [2.45, 2.75) is 6.54 Å². The fraction of sp³-hybridized carbons (Fsp3) is 0.0714. The second-order valence-electron chi connectivity index (χ2n) is 4.39. The molecule has 0 fully saturated rings. The van der Waals surface area contributed by atoms with Crippen LogP contribution in [0.3, 0.4) is 0 Å². The Morgan fingerprint density at radius 1 is 1.24 bits per heavy atom. The first kappa shape index (κ1) is 12.9. The van der Waals surface area contributed by atoms with Crippen LogP contribution in [0.25, 0.3) is 11.1 Å².